The van der Waals surface area contributed by atoms with Gasteiger partial charge in [0.1, 0.15) is 0 Å². The Labute approximate surface area is 119 Å². The molecule has 0 bridgehead atoms. The van der Waals surface area contributed by atoms with Gasteiger partial charge in [-0.15, -0.1) is 0 Å². The maximum Gasteiger partial charge on any atom is 0.0491 e. The number of pyridine rings is 1. The van der Waals surface area contributed by atoms with Crippen LogP contribution in [0.4, 0.5) is 11.4 Å². The first kappa shape index (κ1) is 13.2. The third-order valence-electron chi connectivity index (χ3n) is 4.19. The fraction of sp³-hybridized carbons (Fsp3) is 0.438. The lowest BCUT2D eigenvalue weighted by Crippen LogP contribution is -2.35. The van der Waals surface area contributed by atoms with Gasteiger partial charge in [0, 0.05) is 61.3 Å². The van der Waals surface area contributed by atoms with Crippen molar-refractivity contribution in [3.63, 3.8) is 0 Å². The number of nitrogens with zero attached hydrogens (tertiary/aromatic N) is 2. The lowest BCUT2D eigenvalue weighted by Gasteiger charge is -2.34. The molecular weight excluding hydrogens is 250 g/mol. The highest BCUT2D eigenvalue weighted by Crippen LogP contribution is 2.32. The minimum atomic E-state index is 0.693. The van der Waals surface area contributed by atoms with Crippen molar-refractivity contribution in [3.8, 4) is 0 Å². The van der Waals surface area contributed by atoms with Gasteiger partial charge in [0.05, 0.1) is 0 Å². The summed E-state index contributed by atoms with van der Waals surface area (Å²) in [7, 11) is 1.78. The molecule has 3 rings (SSSR count). The maximum atomic E-state index is 6.04. The molecule has 2 heterocycles. The number of hydrogen-bond donors (Lipinski definition) is 1. The Hall–Kier alpha value is -1.81. The fourth-order valence-corrected chi connectivity index (χ4v) is 3.05. The van der Waals surface area contributed by atoms with Crippen LogP contribution in [-0.2, 0) is 4.74 Å². The van der Waals surface area contributed by atoms with Gasteiger partial charge in [0.25, 0.3) is 0 Å². The van der Waals surface area contributed by atoms with Gasteiger partial charge in [-0.2, -0.15) is 0 Å². The molecule has 0 atom stereocenters. The Kier molecular flexibility index (Phi) is 3.74. The van der Waals surface area contributed by atoms with Crippen molar-refractivity contribution in [2.24, 2.45) is 5.92 Å². The number of nitrogen functional groups attached to an aromatic ring is 1. The molecule has 0 radical (unpaired) electrons. The highest BCUT2D eigenvalue weighted by Gasteiger charge is 2.20. The predicted octanol–water partition coefficient (Wildman–Crippen LogP) is 2.68. The molecule has 20 heavy (non-hydrogen) atoms. The van der Waals surface area contributed by atoms with Gasteiger partial charge in [0.15, 0.2) is 0 Å². The van der Waals surface area contributed by atoms with Crippen molar-refractivity contribution in [2.75, 3.05) is 37.4 Å². The van der Waals surface area contributed by atoms with Crippen molar-refractivity contribution < 1.29 is 4.74 Å². The molecule has 2 N–H and O–H groups in total. The van der Waals surface area contributed by atoms with Crippen molar-refractivity contribution in [3.05, 3.63) is 30.6 Å². The number of methoxy groups -OCH3 is 1. The van der Waals surface area contributed by atoms with E-state index in [0.29, 0.717) is 5.92 Å². The number of anilines is 2. The van der Waals surface area contributed by atoms with Gasteiger partial charge in [-0.25, -0.2) is 0 Å². The Morgan fingerprint density at radius 3 is 2.80 bits per heavy atom. The summed E-state index contributed by atoms with van der Waals surface area (Å²) in [5.41, 5.74) is 8.11. The maximum absolute atomic E-state index is 6.04. The number of nitrogens with two attached hydrogens (primary N) is 1. The van der Waals surface area contributed by atoms with Crippen molar-refractivity contribution >= 4 is 22.1 Å². The van der Waals surface area contributed by atoms with E-state index >= 15 is 0 Å². The Morgan fingerprint density at radius 2 is 2.05 bits per heavy atom. The Bertz CT molecular complexity index is 591. The zero-order valence-corrected chi connectivity index (χ0v) is 11.9. The first-order valence-corrected chi connectivity index (χ1v) is 7.15. The molecular formula is C16H21N3O. The number of benzene rings is 1. The minimum Gasteiger partial charge on any atom is -0.398 e. The lowest BCUT2D eigenvalue weighted by molar-refractivity contribution is 0.139. The molecule has 0 saturated carbocycles. The van der Waals surface area contributed by atoms with E-state index in [-0.39, 0.29) is 0 Å². The van der Waals surface area contributed by atoms with E-state index in [4.69, 9.17) is 10.5 Å². The minimum absolute atomic E-state index is 0.693. The molecule has 1 aliphatic heterocycles. The molecule has 4 nitrogen and oxygen atoms in total. The number of hydrogen-bond acceptors (Lipinski definition) is 4. The average molecular weight is 271 g/mol. The van der Waals surface area contributed by atoms with Crippen LogP contribution in [0.2, 0.25) is 0 Å². The average Bonchev–Trinajstić information content (AvgIpc) is 2.49. The summed E-state index contributed by atoms with van der Waals surface area (Å²) in [5.74, 6) is 0.693. The molecule has 1 aromatic carbocycles. The zero-order chi connectivity index (χ0) is 13.9. The fourth-order valence-electron chi connectivity index (χ4n) is 3.05. The van der Waals surface area contributed by atoms with E-state index in [0.717, 1.165) is 30.8 Å². The quantitative estimate of drug-likeness (QED) is 0.872. The van der Waals surface area contributed by atoms with Crippen LogP contribution in [0.1, 0.15) is 12.8 Å². The van der Waals surface area contributed by atoms with E-state index in [1.54, 1.807) is 7.11 Å². The molecule has 0 amide bonds. The molecule has 2 aromatic rings. The molecule has 0 aliphatic carbocycles. The molecule has 4 heteroatoms. The van der Waals surface area contributed by atoms with Gasteiger partial charge < -0.3 is 15.4 Å². The topological polar surface area (TPSA) is 51.4 Å². The smallest absolute Gasteiger partial charge is 0.0491 e. The Balaban J connectivity index is 1.87. The van der Waals surface area contributed by atoms with E-state index in [1.165, 1.54) is 23.9 Å². The number of aromatic nitrogens is 1. The zero-order valence-electron chi connectivity index (χ0n) is 11.9. The van der Waals surface area contributed by atoms with Crippen LogP contribution in [-0.4, -0.2) is 31.8 Å². The van der Waals surface area contributed by atoms with Gasteiger partial charge in [-0.05, 0) is 37.0 Å². The molecule has 1 aromatic heterocycles. The summed E-state index contributed by atoms with van der Waals surface area (Å²) in [6.07, 6.45) is 6.06. The molecule has 106 valence electrons. The number of fused-ring (bicyclic) bond motifs is 1. The van der Waals surface area contributed by atoms with Crippen LogP contribution >= 0.6 is 0 Å². The van der Waals surface area contributed by atoms with Crippen LogP contribution in [0.3, 0.4) is 0 Å². The van der Waals surface area contributed by atoms with Gasteiger partial charge >= 0.3 is 0 Å². The summed E-state index contributed by atoms with van der Waals surface area (Å²) >= 11 is 0. The number of piperidine rings is 1. The normalized spacial score (nSPS) is 16.8. The standard InChI is InChI=1S/C16H21N3O/c1-20-11-12-5-8-19(9-6-12)16-3-2-15(17)14-10-18-7-4-13(14)16/h2-4,7,10,12H,5-6,8-9,11,17H2,1H3. The summed E-state index contributed by atoms with van der Waals surface area (Å²) < 4.78 is 5.26. The third kappa shape index (κ3) is 2.43. The summed E-state index contributed by atoms with van der Waals surface area (Å²) in [5, 5.41) is 2.24. The second-order valence-corrected chi connectivity index (χ2v) is 5.48. The van der Waals surface area contributed by atoms with E-state index in [9.17, 15) is 0 Å². The van der Waals surface area contributed by atoms with Crippen molar-refractivity contribution in [2.45, 2.75) is 12.8 Å². The first-order chi connectivity index (χ1) is 9.79. The summed E-state index contributed by atoms with van der Waals surface area (Å²) in [6.45, 7) is 3.03. The predicted molar refractivity (Wildman–Crippen MR) is 83.0 cm³/mol. The first-order valence-electron chi connectivity index (χ1n) is 7.15. The third-order valence-corrected chi connectivity index (χ3v) is 4.19. The Morgan fingerprint density at radius 1 is 1.25 bits per heavy atom. The van der Waals surface area contributed by atoms with Crippen molar-refractivity contribution in [1.29, 1.82) is 0 Å². The lowest BCUT2D eigenvalue weighted by atomic mass is 9.96. The molecule has 0 unspecified atom stereocenters. The van der Waals surface area contributed by atoms with E-state index < -0.39 is 0 Å². The van der Waals surface area contributed by atoms with Gasteiger partial charge in [-0.3, -0.25) is 4.98 Å². The summed E-state index contributed by atoms with van der Waals surface area (Å²) in [4.78, 5) is 6.63. The van der Waals surface area contributed by atoms with Gasteiger partial charge in [-0.1, -0.05) is 0 Å². The van der Waals surface area contributed by atoms with E-state index in [2.05, 4.69) is 22.0 Å². The van der Waals surface area contributed by atoms with Gasteiger partial charge in [0.2, 0.25) is 0 Å². The van der Waals surface area contributed by atoms with Crippen molar-refractivity contribution in [1.82, 2.24) is 4.98 Å². The van der Waals surface area contributed by atoms with Crippen LogP contribution in [0, 0.1) is 5.92 Å². The molecule has 0 spiro atoms. The molecule has 1 fully saturated rings. The second-order valence-electron chi connectivity index (χ2n) is 5.48. The van der Waals surface area contributed by atoms with Crippen LogP contribution in [0.25, 0.3) is 10.8 Å². The number of rotatable bonds is 3. The second kappa shape index (κ2) is 5.67. The summed E-state index contributed by atoms with van der Waals surface area (Å²) in [6, 6.07) is 6.18. The highest BCUT2D eigenvalue weighted by atomic mass is 16.5. The largest absolute Gasteiger partial charge is 0.398 e. The SMILES string of the molecule is COCC1CCN(c2ccc(N)c3cnccc23)CC1. The highest BCUT2D eigenvalue weighted by molar-refractivity contribution is 6.00. The molecule has 1 saturated heterocycles. The van der Waals surface area contributed by atoms with Crippen LogP contribution in [0.5, 0.6) is 0 Å². The van der Waals surface area contributed by atoms with Crippen LogP contribution in [0.15, 0.2) is 30.6 Å². The number of ether oxygens (including phenoxy) is 1. The molecule has 1 aliphatic rings. The van der Waals surface area contributed by atoms with E-state index in [1.807, 2.05) is 18.5 Å². The van der Waals surface area contributed by atoms with Crippen LogP contribution < -0.4 is 10.6 Å². The monoisotopic (exact) mass is 271 g/mol.